The average Bonchev–Trinajstić information content (AvgIpc) is 3.51. The number of benzene rings is 3. The van der Waals surface area contributed by atoms with Crippen molar-refractivity contribution in [1.29, 1.82) is 0 Å². The minimum atomic E-state index is 0.156. The summed E-state index contributed by atoms with van der Waals surface area (Å²) in [6.07, 6.45) is 7.28. The molecule has 0 spiro atoms. The summed E-state index contributed by atoms with van der Waals surface area (Å²) in [5, 5.41) is 14.5. The Labute approximate surface area is 235 Å². The lowest BCUT2D eigenvalue weighted by molar-refractivity contribution is 0.263. The second-order valence-electron chi connectivity index (χ2n) is 11.0. The van der Waals surface area contributed by atoms with Crippen LogP contribution in [0.15, 0.2) is 95.8 Å². The molecule has 4 aromatic rings. The van der Waals surface area contributed by atoms with Gasteiger partial charge >= 0.3 is 0 Å². The van der Waals surface area contributed by atoms with Crippen LogP contribution in [0.25, 0.3) is 22.5 Å². The summed E-state index contributed by atoms with van der Waals surface area (Å²) in [6, 6.07) is 27.8. The molecule has 1 unspecified atom stereocenters. The maximum absolute atomic E-state index is 5.32. The number of hydrogen-bond donors (Lipinski definition) is 1. The molecule has 0 amide bonds. The van der Waals surface area contributed by atoms with E-state index in [2.05, 4.69) is 115 Å². The van der Waals surface area contributed by atoms with E-state index in [-0.39, 0.29) is 6.17 Å². The number of para-hydroxylation sites is 1. The van der Waals surface area contributed by atoms with Crippen molar-refractivity contribution < 1.29 is 0 Å². The van der Waals surface area contributed by atoms with E-state index >= 15 is 0 Å². The molecule has 0 bridgehead atoms. The van der Waals surface area contributed by atoms with Gasteiger partial charge in [-0.3, -0.25) is 0 Å². The van der Waals surface area contributed by atoms with E-state index in [1.54, 1.807) is 0 Å². The van der Waals surface area contributed by atoms with Crippen molar-refractivity contribution in [3.8, 4) is 22.5 Å². The SMILES string of the molecule is CCCC1N=C2C(=CN(c3ccccc3)CN2CC2CC2)N1Cc1ccc(-c2ccccc2-c2nnn[nH]2)cc1. The van der Waals surface area contributed by atoms with Crippen LogP contribution in [0.5, 0.6) is 0 Å². The van der Waals surface area contributed by atoms with E-state index in [1.807, 2.05) is 12.1 Å². The lowest BCUT2D eigenvalue weighted by atomic mass is 9.98. The van der Waals surface area contributed by atoms with Crippen molar-refractivity contribution in [2.24, 2.45) is 10.9 Å². The van der Waals surface area contributed by atoms with Crippen molar-refractivity contribution in [3.63, 3.8) is 0 Å². The molecule has 0 saturated heterocycles. The van der Waals surface area contributed by atoms with Gasteiger partial charge in [0.2, 0.25) is 0 Å². The molecule has 202 valence electrons. The molecule has 1 atom stereocenters. The molecule has 7 rings (SSSR count). The maximum atomic E-state index is 5.32. The summed E-state index contributed by atoms with van der Waals surface area (Å²) in [4.78, 5) is 12.7. The number of aromatic nitrogens is 4. The Hall–Kier alpha value is -4.46. The maximum Gasteiger partial charge on any atom is 0.180 e. The summed E-state index contributed by atoms with van der Waals surface area (Å²) in [6.45, 7) is 5.01. The molecule has 3 aliphatic rings. The lowest BCUT2D eigenvalue weighted by Gasteiger charge is -2.38. The summed E-state index contributed by atoms with van der Waals surface area (Å²) in [5.41, 5.74) is 6.96. The van der Waals surface area contributed by atoms with Crippen molar-refractivity contribution in [3.05, 3.63) is 96.3 Å². The number of anilines is 1. The molecule has 1 aliphatic carbocycles. The monoisotopic (exact) mass is 530 g/mol. The first kappa shape index (κ1) is 24.6. The van der Waals surface area contributed by atoms with Crippen molar-refractivity contribution in [1.82, 2.24) is 30.4 Å². The quantitative estimate of drug-likeness (QED) is 0.290. The Morgan fingerprint density at radius 1 is 0.900 bits per heavy atom. The summed E-state index contributed by atoms with van der Waals surface area (Å²) < 4.78 is 0. The third-order valence-electron chi connectivity index (χ3n) is 8.03. The van der Waals surface area contributed by atoms with Crippen molar-refractivity contribution in [2.45, 2.75) is 45.3 Å². The zero-order chi connectivity index (χ0) is 26.9. The standard InChI is InChI=1S/C32H34N8/c1-2-8-30-33-32-29(21-38(26-9-4-3-5-10-26)22-39(32)19-23-13-14-23)40(30)20-24-15-17-25(18-16-24)27-11-6-7-12-28(27)31-34-36-37-35-31/h3-7,9-12,15-18,21,23,30H,2,8,13-14,19-20,22H2,1H3,(H,34,35,36,37). The number of amidine groups is 1. The largest absolute Gasteiger partial charge is 0.341 e. The fourth-order valence-corrected chi connectivity index (χ4v) is 5.78. The highest BCUT2D eigenvalue weighted by Crippen LogP contribution is 2.37. The van der Waals surface area contributed by atoms with Crippen LogP contribution in [-0.4, -0.2) is 55.6 Å². The molecule has 3 aromatic carbocycles. The van der Waals surface area contributed by atoms with Gasteiger partial charge in [-0.15, -0.1) is 5.10 Å². The Morgan fingerprint density at radius 2 is 1.68 bits per heavy atom. The van der Waals surface area contributed by atoms with Crippen LogP contribution >= 0.6 is 0 Å². The number of aromatic amines is 1. The smallest absolute Gasteiger partial charge is 0.180 e. The van der Waals surface area contributed by atoms with Crippen LogP contribution in [0.1, 0.15) is 38.2 Å². The highest BCUT2D eigenvalue weighted by Gasteiger charge is 2.38. The van der Waals surface area contributed by atoms with E-state index in [9.17, 15) is 0 Å². The number of fused-ring (bicyclic) bond motifs is 1. The summed E-state index contributed by atoms with van der Waals surface area (Å²) >= 11 is 0. The van der Waals surface area contributed by atoms with E-state index < -0.39 is 0 Å². The van der Waals surface area contributed by atoms with Gasteiger partial charge in [-0.25, -0.2) is 10.1 Å². The molecule has 1 fully saturated rings. The van der Waals surface area contributed by atoms with E-state index in [1.165, 1.54) is 35.6 Å². The number of H-pyrrole nitrogens is 1. The molecular weight excluding hydrogens is 496 g/mol. The van der Waals surface area contributed by atoms with Crippen LogP contribution in [0.4, 0.5) is 5.69 Å². The number of nitrogens with zero attached hydrogens (tertiary/aromatic N) is 7. The molecule has 0 radical (unpaired) electrons. The third-order valence-corrected chi connectivity index (χ3v) is 8.03. The van der Waals surface area contributed by atoms with Crippen molar-refractivity contribution >= 4 is 11.5 Å². The van der Waals surface area contributed by atoms with Crippen LogP contribution < -0.4 is 4.90 Å². The second kappa shape index (κ2) is 10.6. The zero-order valence-electron chi connectivity index (χ0n) is 22.8. The topological polar surface area (TPSA) is 76.5 Å². The molecule has 3 heterocycles. The van der Waals surface area contributed by atoms with Gasteiger partial charge in [0.25, 0.3) is 0 Å². The first-order valence-electron chi connectivity index (χ1n) is 14.3. The molecule has 8 nitrogen and oxygen atoms in total. The number of hydrogen-bond acceptors (Lipinski definition) is 7. The minimum Gasteiger partial charge on any atom is -0.341 e. The molecule has 1 N–H and O–H groups in total. The first-order chi connectivity index (χ1) is 19.8. The van der Waals surface area contributed by atoms with Gasteiger partial charge < -0.3 is 14.7 Å². The number of aliphatic imine (C=N–C) groups is 1. The minimum absolute atomic E-state index is 0.156. The summed E-state index contributed by atoms with van der Waals surface area (Å²) in [5.74, 6) is 2.64. The van der Waals surface area contributed by atoms with Gasteiger partial charge in [-0.05, 0) is 64.4 Å². The third kappa shape index (κ3) is 4.85. The molecule has 40 heavy (non-hydrogen) atoms. The van der Waals surface area contributed by atoms with Gasteiger partial charge in [0.1, 0.15) is 6.17 Å². The van der Waals surface area contributed by atoms with E-state index in [4.69, 9.17) is 4.99 Å². The Morgan fingerprint density at radius 3 is 2.40 bits per heavy atom. The predicted molar refractivity (Wildman–Crippen MR) is 158 cm³/mol. The summed E-state index contributed by atoms with van der Waals surface area (Å²) in [7, 11) is 0. The first-order valence-corrected chi connectivity index (χ1v) is 14.3. The second-order valence-corrected chi connectivity index (χ2v) is 11.0. The average molecular weight is 531 g/mol. The number of rotatable bonds is 9. The Kier molecular flexibility index (Phi) is 6.51. The van der Waals surface area contributed by atoms with Gasteiger partial charge in [-0.1, -0.05) is 80.1 Å². The highest BCUT2D eigenvalue weighted by molar-refractivity contribution is 6.01. The van der Waals surface area contributed by atoms with Crippen LogP contribution in [-0.2, 0) is 6.54 Å². The van der Waals surface area contributed by atoms with Gasteiger partial charge in [-0.2, -0.15) is 0 Å². The van der Waals surface area contributed by atoms with Crippen molar-refractivity contribution in [2.75, 3.05) is 18.1 Å². The van der Waals surface area contributed by atoms with Gasteiger partial charge in [0, 0.05) is 30.5 Å². The predicted octanol–water partition coefficient (Wildman–Crippen LogP) is 5.91. The zero-order valence-corrected chi connectivity index (χ0v) is 22.8. The highest BCUT2D eigenvalue weighted by atomic mass is 15.5. The fraction of sp³-hybridized carbons (Fsp3) is 0.312. The van der Waals surface area contributed by atoms with E-state index in [0.717, 1.165) is 55.2 Å². The molecule has 8 heteroatoms. The normalized spacial score (nSPS) is 18.5. The van der Waals surface area contributed by atoms with Gasteiger partial charge in [0.15, 0.2) is 11.7 Å². The molecule has 2 aliphatic heterocycles. The van der Waals surface area contributed by atoms with Gasteiger partial charge in [0.05, 0.1) is 12.4 Å². The molecule has 1 aromatic heterocycles. The van der Waals surface area contributed by atoms with Crippen LogP contribution in [0, 0.1) is 5.92 Å². The Bertz CT molecular complexity index is 1510. The molecular formula is C32H34N8. The Balaban J connectivity index is 1.18. The number of nitrogens with one attached hydrogen (secondary N) is 1. The van der Waals surface area contributed by atoms with E-state index in [0.29, 0.717) is 5.82 Å². The number of tetrazole rings is 1. The fourth-order valence-electron chi connectivity index (χ4n) is 5.78. The molecule has 1 saturated carbocycles. The lowest BCUT2D eigenvalue weighted by Crippen LogP contribution is -2.46. The van der Waals surface area contributed by atoms with Crippen LogP contribution in [0.2, 0.25) is 0 Å². The van der Waals surface area contributed by atoms with Crippen LogP contribution in [0.3, 0.4) is 0 Å².